The summed E-state index contributed by atoms with van der Waals surface area (Å²) in [5.74, 6) is 1.36. The van der Waals surface area contributed by atoms with Crippen molar-refractivity contribution in [3.05, 3.63) is 59.7 Å². The molecule has 3 rings (SSSR count). The third-order valence-electron chi connectivity index (χ3n) is 3.78. The van der Waals surface area contributed by atoms with E-state index in [-0.39, 0.29) is 6.61 Å². The fraction of sp³-hybridized carbons (Fsp3) is 0.294. The summed E-state index contributed by atoms with van der Waals surface area (Å²) in [6.07, 6.45) is -0.673. The van der Waals surface area contributed by atoms with Crippen LogP contribution < -0.4 is 9.47 Å². The Morgan fingerprint density at radius 2 is 1.90 bits per heavy atom. The van der Waals surface area contributed by atoms with Gasteiger partial charge in [-0.1, -0.05) is 36.4 Å². The van der Waals surface area contributed by atoms with Crippen molar-refractivity contribution in [2.45, 2.75) is 18.6 Å². The number of hydrogen-bond acceptors (Lipinski definition) is 4. The van der Waals surface area contributed by atoms with Crippen LogP contribution in [0, 0.1) is 6.92 Å². The molecule has 1 aliphatic heterocycles. The van der Waals surface area contributed by atoms with E-state index >= 15 is 0 Å². The van der Waals surface area contributed by atoms with Crippen LogP contribution in [0.5, 0.6) is 11.5 Å². The van der Waals surface area contributed by atoms with Crippen LogP contribution in [0.4, 0.5) is 0 Å². The normalized spacial score (nSPS) is 24.0. The highest BCUT2D eigenvalue weighted by Gasteiger charge is 2.45. The van der Waals surface area contributed by atoms with E-state index in [1.807, 2.05) is 55.5 Å². The van der Waals surface area contributed by atoms with E-state index in [4.69, 9.17) is 9.47 Å². The first-order valence-corrected chi connectivity index (χ1v) is 6.91. The number of aliphatic hydroxyl groups is 2. The molecule has 2 aromatic carbocycles. The van der Waals surface area contributed by atoms with E-state index in [1.165, 1.54) is 0 Å². The van der Waals surface area contributed by atoms with Gasteiger partial charge < -0.3 is 19.7 Å². The van der Waals surface area contributed by atoms with Gasteiger partial charge in [-0.05, 0) is 24.6 Å². The Morgan fingerprint density at radius 1 is 1.19 bits per heavy atom. The number of rotatable bonds is 3. The van der Waals surface area contributed by atoms with Crippen LogP contribution in [0.25, 0.3) is 0 Å². The molecule has 0 bridgehead atoms. The van der Waals surface area contributed by atoms with Gasteiger partial charge in [0.25, 0.3) is 0 Å². The third kappa shape index (κ3) is 2.48. The predicted molar refractivity (Wildman–Crippen MR) is 78.5 cm³/mol. The van der Waals surface area contributed by atoms with Gasteiger partial charge >= 0.3 is 0 Å². The lowest BCUT2D eigenvalue weighted by atomic mass is 9.89. The Balaban J connectivity index is 2.02. The second-order valence-electron chi connectivity index (χ2n) is 5.35. The van der Waals surface area contributed by atoms with Gasteiger partial charge in [0.15, 0.2) is 11.7 Å². The van der Waals surface area contributed by atoms with E-state index in [9.17, 15) is 10.2 Å². The number of benzene rings is 2. The molecule has 0 radical (unpaired) electrons. The highest BCUT2D eigenvalue weighted by atomic mass is 16.5. The second kappa shape index (κ2) is 5.39. The number of para-hydroxylation sites is 2. The molecule has 4 heteroatoms. The minimum absolute atomic E-state index is 0.00292. The average molecular weight is 286 g/mol. The van der Waals surface area contributed by atoms with Gasteiger partial charge in [0, 0.05) is 5.56 Å². The third-order valence-corrected chi connectivity index (χ3v) is 3.78. The first-order chi connectivity index (χ1) is 10.1. The molecule has 0 aliphatic carbocycles. The topological polar surface area (TPSA) is 58.9 Å². The number of fused-ring (bicyclic) bond motifs is 1. The molecule has 2 aromatic rings. The number of aryl methyl sites for hydroxylation is 1. The molecule has 2 N–H and O–H groups in total. The summed E-state index contributed by atoms with van der Waals surface area (Å²) in [5, 5.41) is 20.2. The maximum absolute atomic E-state index is 10.6. The zero-order valence-electron chi connectivity index (χ0n) is 11.8. The van der Waals surface area contributed by atoms with Gasteiger partial charge in [0.1, 0.15) is 18.1 Å². The average Bonchev–Trinajstić information content (AvgIpc) is 2.52. The van der Waals surface area contributed by atoms with E-state index in [1.54, 1.807) is 0 Å². The van der Waals surface area contributed by atoms with E-state index in [0.29, 0.717) is 11.5 Å². The monoisotopic (exact) mass is 286 g/mol. The summed E-state index contributed by atoms with van der Waals surface area (Å²) in [5.41, 5.74) is 0.252. The number of hydrogen-bond donors (Lipinski definition) is 2. The van der Waals surface area contributed by atoms with Crippen molar-refractivity contribution in [1.29, 1.82) is 0 Å². The van der Waals surface area contributed by atoms with Gasteiger partial charge in [-0.15, -0.1) is 0 Å². The van der Waals surface area contributed by atoms with Gasteiger partial charge in [0.05, 0.1) is 6.61 Å². The maximum atomic E-state index is 10.6. The van der Waals surface area contributed by atoms with E-state index in [2.05, 4.69) is 0 Å². The van der Waals surface area contributed by atoms with Crippen molar-refractivity contribution in [3.8, 4) is 11.5 Å². The first-order valence-electron chi connectivity index (χ1n) is 6.91. The maximum Gasteiger partial charge on any atom is 0.162 e. The largest absolute Gasteiger partial charge is 0.490 e. The lowest BCUT2D eigenvalue weighted by molar-refractivity contribution is -0.130. The van der Waals surface area contributed by atoms with Crippen molar-refractivity contribution < 1.29 is 19.7 Å². The van der Waals surface area contributed by atoms with E-state index < -0.39 is 18.3 Å². The lowest BCUT2D eigenvalue weighted by Gasteiger charge is -2.39. The van der Waals surface area contributed by atoms with Crippen molar-refractivity contribution in [1.82, 2.24) is 0 Å². The van der Waals surface area contributed by atoms with Crippen molar-refractivity contribution in [2.24, 2.45) is 0 Å². The minimum atomic E-state index is -1.46. The van der Waals surface area contributed by atoms with Gasteiger partial charge in [-0.25, -0.2) is 0 Å². The van der Waals surface area contributed by atoms with Crippen LogP contribution in [-0.4, -0.2) is 29.0 Å². The molecule has 2 atom stereocenters. The molecule has 110 valence electrons. The van der Waals surface area contributed by atoms with Gasteiger partial charge in [-0.3, -0.25) is 0 Å². The Labute approximate surface area is 123 Å². The van der Waals surface area contributed by atoms with Crippen LogP contribution in [0.3, 0.4) is 0 Å². The molecule has 1 aliphatic rings. The number of ether oxygens (including phenoxy) is 2. The Bertz CT molecular complexity index is 640. The molecule has 0 spiro atoms. The van der Waals surface area contributed by atoms with Crippen LogP contribution in [0.2, 0.25) is 0 Å². The van der Waals surface area contributed by atoms with Crippen molar-refractivity contribution in [3.63, 3.8) is 0 Å². The van der Waals surface area contributed by atoms with Gasteiger partial charge in [0.2, 0.25) is 0 Å². The smallest absolute Gasteiger partial charge is 0.162 e. The summed E-state index contributed by atoms with van der Waals surface area (Å²) < 4.78 is 11.6. The molecular formula is C17H18O4. The molecule has 21 heavy (non-hydrogen) atoms. The summed E-state index contributed by atoms with van der Waals surface area (Å²) in [7, 11) is 0. The predicted octanol–water partition coefficient (Wildman–Crippen LogP) is 2.23. The quantitative estimate of drug-likeness (QED) is 0.908. The second-order valence-corrected chi connectivity index (χ2v) is 5.35. The SMILES string of the molecule is Cc1ccccc1O[C@H]1c2ccccc2OC[C@@]1(O)CO. The van der Waals surface area contributed by atoms with Crippen LogP contribution in [0.1, 0.15) is 17.2 Å². The molecule has 0 aromatic heterocycles. The minimum Gasteiger partial charge on any atom is -0.490 e. The zero-order chi connectivity index (χ0) is 14.9. The van der Waals surface area contributed by atoms with Gasteiger partial charge in [-0.2, -0.15) is 0 Å². The lowest BCUT2D eigenvalue weighted by Crippen LogP contribution is -2.50. The molecular weight excluding hydrogens is 268 g/mol. The first kappa shape index (κ1) is 13.9. The molecule has 0 unspecified atom stereocenters. The summed E-state index contributed by atoms with van der Waals surface area (Å²) in [6, 6.07) is 15.0. The summed E-state index contributed by atoms with van der Waals surface area (Å²) in [6.45, 7) is 1.51. The van der Waals surface area contributed by atoms with Crippen molar-refractivity contribution >= 4 is 0 Å². The standard InChI is InChI=1S/C17H18O4/c1-12-6-2-4-8-14(12)21-16-13-7-3-5-9-15(13)20-11-17(16,19)10-18/h2-9,16,18-19H,10-11H2,1H3/t16-,17-/m0/s1. The number of aliphatic hydroxyl groups excluding tert-OH is 1. The highest BCUT2D eigenvalue weighted by Crippen LogP contribution is 2.41. The fourth-order valence-corrected chi connectivity index (χ4v) is 2.51. The van der Waals surface area contributed by atoms with Crippen molar-refractivity contribution in [2.75, 3.05) is 13.2 Å². The molecule has 4 nitrogen and oxygen atoms in total. The zero-order valence-corrected chi connectivity index (χ0v) is 11.8. The molecule has 0 amide bonds. The Kier molecular flexibility index (Phi) is 3.57. The highest BCUT2D eigenvalue weighted by molar-refractivity contribution is 5.41. The van der Waals surface area contributed by atoms with E-state index in [0.717, 1.165) is 11.1 Å². The molecule has 0 saturated heterocycles. The molecule has 1 heterocycles. The van der Waals surface area contributed by atoms with Crippen LogP contribution >= 0.6 is 0 Å². The molecule has 0 fully saturated rings. The fourth-order valence-electron chi connectivity index (χ4n) is 2.51. The Hall–Kier alpha value is -2.04. The summed E-state index contributed by atoms with van der Waals surface area (Å²) in [4.78, 5) is 0. The summed E-state index contributed by atoms with van der Waals surface area (Å²) >= 11 is 0. The molecule has 0 saturated carbocycles. The van der Waals surface area contributed by atoms with Crippen LogP contribution in [-0.2, 0) is 0 Å². The Morgan fingerprint density at radius 3 is 2.67 bits per heavy atom. The van der Waals surface area contributed by atoms with Crippen LogP contribution in [0.15, 0.2) is 48.5 Å².